The zero-order chi connectivity index (χ0) is 10.5. The van der Waals surface area contributed by atoms with E-state index in [1.54, 1.807) is 0 Å². The quantitative estimate of drug-likeness (QED) is 0.421. The molecule has 0 spiro atoms. The highest BCUT2D eigenvalue weighted by Gasteiger charge is 2.02. The Morgan fingerprint density at radius 3 is 2.67 bits per heavy atom. The molecule has 15 heavy (non-hydrogen) atoms. The highest BCUT2D eigenvalue weighted by molar-refractivity contribution is 5.57. The molecule has 0 bridgehead atoms. The number of furan rings is 1. The normalized spacial score (nSPS) is 9.60. The van der Waals surface area contributed by atoms with E-state index >= 15 is 0 Å². The highest BCUT2D eigenvalue weighted by atomic mass is 16.3. The van der Waals surface area contributed by atoms with Crippen molar-refractivity contribution in [1.29, 1.82) is 0 Å². The van der Waals surface area contributed by atoms with Gasteiger partial charge in [0, 0.05) is 10.5 Å². The van der Waals surface area contributed by atoms with E-state index in [0.29, 0.717) is 5.76 Å². The van der Waals surface area contributed by atoms with Gasteiger partial charge in [0.15, 0.2) is 0 Å². The largest absolute Gasteiger partial charge is 0.461 e. The summed E-state index contributed by atoms with van der Waals surface area (Å²) in [5.41, 5.74) is 9.19. The van der Waals surface area contributed by atoms with E-state index in [1.165, 1.54) is 0 Å². The summed E-state index contributed by atoms with van der Waals surface area (Å²) in [4.78, 5) is 2.68. The fourth-order valence-electron chi connectivity index (χ4n) is 1.32. The number of nitrogens with zero attached hydrogens (tertiary/aromatic N) is 3. The van der Waals surface area contributed by atoms with Crippen molar-refractivity contribution in [1.82, 2.24) is 0 Å². The van der Waals surface area contributed by atoms with Crippen molar-refractivity contribution in [3.05, 3.63) is 58.7 Å². The molecule has 4 heteroatoms. The Morgan fingerprint density at radius 1 is 1.13 bits per heavy atom. The van der Waals surface area contributed by atoms with Gasteiger partial charge in [0.2, 0.25) is 0 Å². The molecule has 74 valence electrons. The number of rotatable bonds is 3. The maximum atomic E-state index is 8.17. The molecule has 0 radical (unpaired) electrons. The Labute approximate surface area is 86.8 Å². The lowest BCUT2D eigenvalue weighted by molar-refractivity contribution is 0.525. The summed E-state index contributed by atoms with van der Waals surface area (Å²) in [5, 5.41) is 3.44. The number of hydrogen-bond acceptors (Lipinski definition) is 2. The van der Waals surface area contributed by atoms with Crippen molar-refractivity contribution in [3.63, 3.8) is 0 Å². The minimum Gasteiger partial charge on any atom is -0.461 e. The van der Waals surface area contributed by atoms with Crippen molar-refractivity contribution >= 4 is 0 Å². The Hall–Kier alpha value is -2.19. The van der Waals surface area contributed by atoms with Gasteiger partial charge in [-0.25, -0.2) is 0 Å². The summed E-state index contributed by atoms with van der Waals surface area (Å²) < 4.78 is 5.51. The van der Waals surface area contributed by atoms with Crippen molar-refractivity contribution in [2.45, 2.75) is 6.54 Å². The van der Waals surface area contributed by atoms with Crippen LogP contribution in [0, 0.1) is 0 Å². The Balaban J connectivity index is 2.24. The van der Waals surface area contributed by atoms with E-state index < -0.39 is 0 Å². The maximum Gasteiger partial charge on any atom is 0.134 e. The average Bonchev–Trinajstić information content (AvgIpc) is 2.76. The van der Waals surface area contributed by atoms with Crippen LogP contribution in [0.4, 0.5) is 0 Å². The third-order valence-electron chi connectivity index (χ3n) is 2.01. The van der Waals surface area contributed by atoms with Crippen LogP contribution in [0.15, 0.2) is 52.0 Å². The van der Waals surface area contributed by atoms with Crippen LogP contribution in [0.2, 0.25) is 0 Å². The number of benzene rings is 1. The third kappa shape index (κ3) is 2.18. The molecule has 0 aliphatic heterocycles. The first-order valence-electron chi connectivity index (χ1n) is 4.55. The van der Waals surface area contributed by atoms with Gasteiger partial charge in [-0.1, -0.05) is 35.4 Å². The van der Waals surface area contributed by atoms with Gasteiger partial charge >= 0.3 is 0 Å². The van der Waals surface area contributed by atoms with Crippen LogP contribution in [-0.4, -0.2) is 0 Å². The zero-order valence-corrected chi connectivity index (χ0v) is 8.00. The Bertz CT molecular complexity index is 484. The second-order valence-corrected chi connectivity index (χ2v) is 3.02. The van der Waals surface area contributed by atoms with Gasteiger partial charge in [-0.15, -0.1) is 0 Å². The molecule has 0 fully saturated rings. The lowest BCUT2D eigenvalue weighted by atomic mass is 10.2. The summed E-state index contributed by atoms with van der Waals surface area (Å²) in [6.45, 7) is 0.253. The highest BCUT2D eigenvalue weighted by Crippen LogP contribution is 2.21. The lowest BCUT2D eigenvalue weighted by Crippen LogP contribution is -1.73. The van der Waals surface area contributed by atoms with Gasteiger partial charge in [-0.05, 0) is 17.7 Å². The van der Waals surface area contributed by atoms with Gasteiger partial charge in [-0.3, -0.25) is 0 Å². The first-order valence-corrected chi connectivity index (χ1v) is 4.55. The third-order valence-corrected chi connectivity index (χ3v) is 2.01. The predicted molar refractivity (Wildman–Crippen MR) is 57.0 cm³/mol. The molecule has 4 nitrogen and oxygen atoms in total. The monoisotopic (exact) mass is 199 g/mol. The molecular formula is C11H9N3O. The molecule has 0 saturated carbocycles. The van der Waals surface area contributed by atoms with E-state index in [-0.39, 0.29) is 6.54 Å². The molecule has 1 aromatic carbocycles. The van der Waals surface area contributed by atoms with Crippen LogP contribution in [0.1, 0.15) is 5.76 Å². The van der Waals surface area contributed by atoms with E-state index in [9.17, 15) is 0 Å². The van der Waals surface area contributed by atoms with Gasteiger partial charge in [-0.2, -0.15) is 0 Å². The SMILES string of the molecule is [N-]=[N+]=NCc1ccc(-c2ccccc2)o1. The molecule has 0 atom stereocenters. The van der Waals surface area contributed by atoms with Crippen LogP contribution < -0.4 is 0 Å². The molecular weight excluding hydrogens is 190 g/mol. The van der Waals surface area contributed by atoms with Crippen molar-refractivity contribution in [3.8, 4) is 11.3 Å². The molecule has 0 amide bonds. The molecule has 1 aromatic heterocycles. The second kappa shape index (κ2) is 4.35. The van der Waals surface area contributed by atoms with Gasteiger partial charge in [0.1, 0.15) is 11.5 Å². The van der Waals surface area contributed by atoms with Crippen LogP contribution in [-0.2, 0) is 6.54 Å². The topological polar surface area (TPSA) is 61.9 Å². The summed E-state index contributed by atoms with van der Waals surface area (Å²) in [7, 11) is 0. The van der Waals surface area contributed by atoms with E-state index in [4.69, 9.17) is 9.95 Å². The molecule has 0 aliphatic carbocycles. The van der Waals surface area contributed by atoms with Crippen LogP contribution in [0.5, 0.6) is 0 Å². The van der Waals surface area contributed by atoms with Crippen LogP contribution in [0.3, 0.4) is 0 Å². The lowest BCUT2D eigenvalue weighted by Gasteiger charge is -1.94. The molecule has 0 aliphatic rings. The molecule has 2 rings (SSSR count). The van der Waals surface area contributed by atoms with E-state index in [1.807, 2.05) is 42.5 Å². The minimum absolute atomic E-state index is 0.253. The Morgan fingerprint density at radius 2 is 1.93 bits per heavy atom. The minimum atomic E-state index is 0.253. The summed E-state index contributed by atoms with van der Waals surface area (Å²) >= 11 is 0. The number of hydrogen-bond donors (Lipinski definition) is 0. The fraction of sp³-hybridized carbons (Fsp3) is 0.0909. The molecule has 2 aromatic rings. The van der Waals surface area contributed by atoms with Crippen LogP contribution in [0.25, 0.3) is 21.8 Å². The predicted octanol–water partition coefficient (Wildman–Crippen LogP) is 3.76. The summed E-state index contributed by atoms with van der Waals surface area (Å²) in [5.74, 6) is 1.46. The molecule has 0 saturated heterocycles. The zero-order valence-electron chi connectivity index (χ0n) is 8.00. The van der Waals surface area contributed by atoms with E-state index in [0.717, 1.165) is 11.3 Å². The summed E-state index contributed by atoms with van der Waals surface area (Å²) in [6, 6.07) is 13.5. The Kier molecular flexibility index (Phi) is 2.72. The smallest absolute Gasteiger partial charge is 0.134 e. The van der Waals surface area contributed by atoms with Crippen LogP contribution >= 0.6 is 0 Å². The maximum absolute atomic E-state index is 8.17. The first-order chi connectivity index (χ1) is 7.40. The molecule has 0 unspecified atom stereocenters. The second-order valence-electron chi connectivity index (χ2n) is 3.02. The average molecular weight is 199 g/mol. The van der Waals surface area contributed by atoms with Gasteiger partial charge in [0.25, 0.3) is 0 Å². The van der Waals surface area contributed by atoms with Gasteiger partial charge in [0.05, 0.1) is 6.54 Å². The van der Waals surface area contributed by atoms with Crippen molar-refractivity contribution in [2.24, 2.45) is 5.11 Å². The number of azide groups is 1. The van der Waals surface area contributed by atoms with E-state index in [2.05, 4.69) is 10.0 Å². The van der Waals surface area contributed by atoms with Crippen molar-refractivity contribution in [2.75, 3.05) is 0 Å². The molecule has 1 heterocycles. The fourth-order valence-corrected chi connectivity index (χ4v) is 1.32. The standard InChI is InChI=1S/C11H9N3O/c12-14-13-8-10-6-7-11(15-10)9-4-2-1-3-5-9/h1-7H,8H2. The first kappa shape index (κ1) is 9.37. The van der Waals surface area contributed by atoms with Crippen molar-refractivity contribution < 1.29 is 4.42 Å². The summed E-state index contributed by atoms with van der Waals surface area (Å²) in [6.07, 6.45) is 0. The molecule has 0 N–H and O–H groups in total. The van der Waals surface area contributed by atoms with Gasteiger partial charge < -0.3 is 4.42 Å².